The SMILES string of the molecule is O=C(O)C1C2CCCC2CN1C(=O)NC1CCSC1. The molecule has 2 aliphatic heterocycles. The first-order chi connectivity index (χ1) is 9.16. The number of urea groups is 1. The van der Waals surface area contributed by atoms with Crippen molar-refractivity contribution in [1.29, 1.82) is 0 Å². The van der Waals surface area contributed by atoms with Gasteiger partial charge in [-0.25, -0.2) is 9.59 Å². The number of hydrogen-bond acceptors (Lipinski definition) is 3. The molecule has 3 rings (SSSR count). The molecule has 0 bridgehead atoms. The van der Waals surface area contributed by atoms with Gasteiger partial charge in [-0.1, -0.05) is 6.42 Å². The summed E-state index contributed by atoms with van der Waals surface area (Å²) in [5, 5.41) is 12.4. The predicted molar refractivity (Wildman–Crippen MR) is 73.2 cm³/mol. The van der Waals surface area contributed by atoms with E-state index in [2.05, 4.69) is 5.32 Å². The zero-order valence-electron chi connectivity index (χ0n) is 10.9. The molecule has 1 saturated carbocycles. The Hall–Kier alpha value is -0.910. The Kier molecular flexibility index (Phi) is 3.60. The van der Waals surface area contributed by atoms with Gasteiger partial charge < -0.3 is 15.3 Å². The van der Waals surface area contributed by atoms with Crippen LogP contribution in [0.5, 0.6) is 0 Å². The molecule has 6 heteroatoms. The number of fused-ring (bicyclic) bond motifs is 1. The van der Waals surface area contributed by atoms with Crippen LogP contribution >= 0.6 is 11.8 Å². The van der Waals surface area contributed by atoms with Crippen LogP contribution in [0.3, 0.4) is 0 Å². The summed E-state index contributed by atoms with van der Waals surface area (Å²) < 4.78 is 0. The molecule has 0 spiro atoms. The van der Waals surface area contributed by atoms with Crippen molar-refractivity contribution in [2.75, 3.05) is 18.1 Å². The smallest absolute Gasteiger partial charge is 0.326 e. The highest BCUT2D eigenvalue weighted by Gasteiger charge is 2.49. The number of aliphatic carboxylic acids is 1. The van der Waals surface area contributed by atoms with E-state index in [0.717, 1.165) is 37.2 Å². The topological polar surface area (TPSA) is 69.6 Å². The lowest BCUT2D eigenvalue weighted by Crippen LogP contribution is -2.50. The number of likely N-dealkylation sites (tertiary alicyclic amines) is 1. The number of rotatable bonds is 2. The fourth-order valence-electron chi connectivity index (χ4n) is 3.74. The molecule has 0 aromatic rings. The minimum atomic E-state index is -0.842. The number of thioether (sulfide) groups is 1. The van der Waals surface area contributed by atoms with Crippen molar-refractivity contribution < 1.29 is 14.7 Å². The molecule has 1 aliphatic carbocycles. The standard InChI is InChI=1S/C13H20N2O3S/c16-12(17)11-10-3-1-2-8(10)6-15(11)13(18)14-9-4-5-19-7-9/h8-11H,1-7H2,(H,14,18)(H,16,17). The van der Waals surface area contributed by atoms with E-state index >= 15 is 0 Å². The van der Waals surface area contributed by atoms with Crippen LogP contribution in [0.1, 0.15) is 25.7 Å². The Morgan fingerprint density at radius 3 is 2.79 bits per heavy atom. The van der Waals surface area contributed by atoms with Gasteiger partial charge in [0.15, 0.2) is 0 Å². The van der Waals surface area contributed by atoms with Crippen LogP contribution in [-0.2, 0) is 4.79 Å². The first-order valence-electron chi connectivity index (χ1n) is 7.04. The van der Waals surface area contributed by atoms with Gasteiger partial charge in [0, 0.05) is 18.3 Å². The van der Waals surface area contributed by atoms with Crippen LogP contribution in [0.15, 0.2) is 0 Å². The van der Waals surface area contributed by atoms with Gasteiger partial charge in [0.25, 0.3) is 0 Å². The monoisotopic (exact) mass is 284 g/mol. The van der Waals surface area contributed by atoms with Crippen LogP contribution in [-0.4, -0.2) is 52.1 Å². The van der Waals surface area contributed by atoms with Gasteiger partial charge in [0.1, 0.15) is 6.04 Å². The zero-order valence-corrected chi connectivity index (χ0v) is 11.7. The summed E-state index contributed by atoms with van der Waals surface area (Å²) >= 11 is 1.84. The second kappa shape index (κ2) is 5.23. The third-order valence-corrected chi connectivity index (χ3v) is 5.82. The van der Waals surface area contributed by atoms with Crippen molar-refractivity contribution in [2.45, 2.75) is 37.8 Å². The lowest BCUT2D eigenvalue weighted by atomic mass is 9.94. The van der Waals surface area contributed by atoms with Crippen LogP contribution < -0.4 is 5.32 Å². The third kappa shape index (κ3) is 2.42. The quantitative estimate of drug-likeness (QED) is 0.804. The second-order valence-corrected chi connectivity index (χ2v) is 6.95. The molecule has 0 aromatic carbocycles. The van der Waals surface area contributed by atoms with Crippen LogP contribution in [0.25, 0.3) is 0 Å². The van der Waals surface area contributed by atoms with Crippen molar-refractivity contribution in [3.63, 3.8) is 0 Å². The minimum Gasteiger partial charge on any atom is -0.480 e. The minimum absolute atomic E-state index is 0.168. The Bertz CT molecular complexity index is 384. The maximum atomic E-state index is 12.3. The summed E-state index contributed by atoms with van der Waals surface area (Å²) in [4.78, 5) is 25.3. The van der Waals surface area contributed by atoms with Gasteiger partial charge in [0.2, 0.25) is 0 Å². The van der Waals surface area contributed by atoms with E-state index in [0.29, 0.717) is 12.5 Å². The van der Waals surface area contributed by atoms with E-state index < -0.39 is 12.0 Å². The maximum absolute atomic E-state index is 12.3. The fraction of sp³-hybridized carbons (Fsp3) is 0.846. The maximum Gasteiger partial charge on any atom is 0.326 e. The molecule has 2 saturated heterocycles. The van der Waals surface area contributed by atoms with Crippen molar-refractivity contribution in [3.8, 4) is 0 Å². The van der Waals surface area contributed by atoms with E-state index in [-0.39, 0.29) is 18.0 Å². The summed E-state index contributed by atoms with van der Waals surface area (Å²) in [6.45, 7) is 0.618. The molecule has 2 N–H and O–H groups in total. The van der Waals surface area contributed by atoms with Gasteiger partial charge >= 0.3 is 12.0 Å². The molecular weight excluding hydrogens is 264 g/mol. The van der Waals surface area contributed by atoms with Crippen molar-refractivity contribution in [2.24, 2.45) is 11.8 Å². The molecule has 19 heavy (non-hydrogen) atoms. The highest BCUT2D eigenvalue weighted by molar-refractivity contribution is 7.99. The number of carbonyl (C=O) groups excluding carboxylic acids is 1. The summed E-state index contributed by atoms with van der Waals surface area (Å²) in [6.07, 6.45) is 4.12. The number of nitrogens with zero attached hydrogens (tertiary/aromatic N) is 1. The molecular formula is C13H20N2O3S. The zero-order chi connectivity index (χ0) is 13.4. The van der Waals surface area contributed by atoms with Gasteiger partial charge in [-0.2, -0.15) is 11.8 Å². The molecule has 0 aromatic heterocycles. The first-order valence-corrected chi connectivity index (χ1v) is 8.20. The molecule has 3 aliphatic rings. The molecule has 4 atom stereocenters. The Balaban J connectivity index is 1.68. The number of carboxylic acid groups (broad SMARTS) is 1. The van der Waals surface area contributed by atoms with Crippen molar-refractivity contribution in [1.82, 2.24) is 10.2 Å². The lowest BCUT2D eigenvalue weighted by Gasteiger charge is -2.26. The van der Waals surface area contributed by atoms with E-state index in [1.165, 1.54) is 0 Å². The second-order valence-electron chi connectivity index (χ2n) is 5.80. The third-order valence-electron chi connectivity index (χ3n) is 4.66. The first kappa shape index (κ1) is 13.1. The predicted octanol–water partition coefficient (Wildman–Crippen LogP) is 1.39. The summed E-state index contributed by atoms with van der Waals surface area (Å²) in [5.74, 6) is 1.75. The van der Waals surface area contributed by atoms with E-state index in [1.54, 1.807) is 4.90 Å². The highest BCUT2D eigenvalue weighted by Crippen LogP contribution is 2.42. The Morgan fingerprint density at radius 1 is 1.26 bits per heavy atom. The van der Waals surface area contributed by atoms with Crippen molar-refractivity contribution >= 4 is 23.8 Å². The number of nitrogens with one attached hydrogen (secondary N) is 1. The molecule has 3 fully saturated rings. The molecule has 0 radical (unpaired) electrons. The van der Waals surface area contributed by atoms with Gasteiger partial charge in [0.05, 0.1) is 0 Å². The Labute approximate surface area is 117 Å². The molecule has 2 heterocycles. The number of carbonyl (C=O) groups is 2. The number of hydrogen-bond donors (Lipinski definition) is 2. The molecule has 4 unspecified atom stereocenters. The fourth-order valence-corrected chi connectivity index (χ4v) is 4.89. The van der Waals surface area contributed by atoms with Crippen LogP contribution in [0.4, 0.5) is 4.79 Å². The van der Waals surface area contributed by atoms with E-state index in [9.17, 15) is 14.7 Å². The van der Waals surface area contributed by atoms with Gasteiger partial charge in [-0.15, -0.1) is 0 Å². The molecule has 5 nitrogen and oxygen atoms in total. The number of carboxylic acids is 1. The number of amides is 2. The normalized spacial score (nSPS) is 37.4. The average Bonchev–Trinajstić information content (AvgIpc) is 3.02. The van der Waals surface area contributed by atoms with Crippen LogP contribution in [0.2, 0.25) is 0 Å². The van der Waals surface area contributed by atoms with E-state index in [1.807, 2.05) is 11.8 Å². The van der Waals surface area contributed by atoms with E-state index in [4.69, 9.17) is 0 Å². The summed E-state index contributed by atoms with van der Waals surface area (Å²) in [6, 6.07) is -0.566. The van der Waals surface area contributed by atoms with Crippen molar-refractivity contribution in [3.05, 3.63) is 0 Å². The average molecular weight is 284 g/mol. The van der Waals surface area contributed by atoms with Gasteiger partial charge in [-0.3, -0.25) is 0 Å². The Morgan fingerprint density at radius 2 is 2.11 bits per heavy atom. The summed E-state index contributed by atoms with van der Waals surface area (Å²) in [7, 11) is 0. The van der Waals surface area contributed by atoms with Gasteiger partial charge in [-0.05, 0) is 36.9 Å². The summed E-state index contributed by atoms with van der Waals surface area (Å²) in [5.41, 5.74) is 0. The highest BCUT2D eigenvalue weighted by atomic mass is 32.2. The lowest BCUT2D eigenvalue weighted by molar-refractivity contribution is -0.142. The molecule has 106 valence electrons. The largest absolute Gasteiger partial charge is 0.480 e. The molecule has 2 amide bonds. The van der Waals surface area contributed by atoms with Crippen LogP contribution in [0, 0.1) is 11.8 Å².